The Balaban J connectivity index is 2.13. The minimum absolute atomic E-state index is 0.0531. The Kier molecular flexibility index (Phi) is 3.19. The number of nitrogens with one attached hydrogen (secondary N) is 1. The van der Waals surface area contributed by atoms with Crippen LogP contribution in [-0.4, -0.2) is 15.7 Å². The molecule has 0 bridgehead atoms. The van der Waals surface area contributed by atoms with Crippen molar-refractivity contribution >= 4 is 34.0 Å². The number of para-hydroxylation sites is 1. The highest BCUT2D eigenvalue weighted by Crippen LogP contribution is 2.28. The molecule has 104 valence electrons. The van der Waals surface area contributed by atoms with Crippen LogP contribution >= 0.6 is 11.6 Å². The molecule has 3 aromatic rings. The van der Waals surface area contributed by atoms with Gasteiger partial charge < -0.3 is 4.98 Å². The van der Waals surface area contributed by atoms with E-state index in [-0.39, 0.29) is 11.5 Å². The summed E-state index contributed by atoms with van der Waals surface area (Å²) in [6, 6.07) is 11.2. The topological polar surface area (TPSA) is 76.0 Å². The Morgan fingerprint density at radius 2 is 1.86 bits per heavy atom. The van der Waals surface area contributed by atoms with E-state index >= 15 is 0 Å². The number of rotatable bonds is 3. The van der Waals surface area contributed by atoms with Gasteiger partial charge in [-0.05, 0) is 24.3 Å². The number of hydrogen-bond acceptors (Lipinski definition) is 3. The lowest BCUT2D eigenvalue weighted by Gasteiger charge is -2.00. The van der Waals surface area contributed by atoms with Gasteiger partial charge in [0.2, 0.25) is 0 Å². The Labute approximate surface area is 124 Å². The molecule has 2 aromatic carbocycles. The van der Waals surface area contributed by atoms with E-state index in [0.29, 0.717) is 27.1 Å². The zero-order valence-electron chi connectivity index (χ0n) is 10.7. The van der Waals surface area contributed by atoms with Crippen LogP contribution in [-0.2, 0) is 0 Å². The number of nitro benzene ring substituents is 1. The number of benzene rings is 2. The van der Waals surface area contributed by atoms with Crippen LogP contribution in [0.5, 0.6) is 0 Å². The van der Waals surface area contributed by atoms with Gasteiger partial charge in [-0.3, -0.25) is 14.9 Å². The molecule has 5 nitrogen and oxygen atoms in total. The highest BCUT2D eigenvalue weighted by molar-refractivity contribution is 6.30. The number of halogens is 1. The molecule has 0 radical (unpaired) electrons. The SMILES string of the molecule is O=C(c1ccc(Cl)cc1)c1c[nH]c2c([N+](=O)[O-])cccc12. The second-order valence-corrected chi connectivity index (χ2v) is 4.93. The lowest BCUT2D eigenvalue weighted by Crippen LogP contribution is -1.99. The normalized spacial score (nSPS) is 10.7. The van der Waals surface area contributed by atoms with Gasteiger partial charge in [-0.15, -0.1) is 0 Å². The molecule has 1 N–H and O–H groups in total. The minimum atomic E-state index is -0.477. The zero-order valence-corrected chi connectivity index (χ0v) is 11.4. The van der Waals surface area contributed by atoms with Gasteiger partial charge in [0.25, 0.3) is 5.69 Å². The molecule has 0 amide bonds. The fourth-order valence-corrected chi connectivity index (χ4v) is 2.36. The Morgan fingerprint density at radius 1 is 1.14 bits per heavy atom. The highest BCUT2D eigenvalue weighted by Gasteiger charge is 2.19. The summed E-state index contributed by atoms with van der Waals surface area (Å²) in [4.78, 5) is 25.8. The third kappa shape index (κ3) is 2.28. The van der Waals surface area contributed by atoms with E-state index in [4.69, 9.17) is 11.6 Å². The van der Waals surface area contributed by atoms with Crippen molar-refractivity contribution in [3.63, 3.8) is 0 Å². The molecule has 6 heteroatoms. The smallest absolute Gasteiger partial charge is 0.293 e. The predicted octanol–water partition coefficient (Wildman–Crippen LogP) is 3.96. The van der Waals surface area contributed by atoms with Crippen molar-refractivity contribution in [1.29, 1.82) is 0 Å². The fraction of sp³-hybridized carbons (Fsp3) is 0. The number of non-ortho nitro benzene ring substituents is 1. The first-order chi connectivity index (χ1) is 10.1. The Hall–Kier alpha value is -2.66. The van der Waals surface area contributed by atoms with Crippen LogP contribution in [0.15, 0.2) is 48.7 Å². The van der Waals surface area contributed by atoms with Crippen LogP contribution in [0.1, 0.15) is 15.9 Å². The maximum Gasteiger partial charge on any atom is 0.293 e. The lowest BCUT2D eigenvalue weighted by molar-refractivity contribution is -0.383. The van der Waals surface area contributed by atoms with Crippen molar-refractivity contribution < 1.29 is 9.72 Å². The molecule has 1 heterocycles. The van der Waals surface area contributed by atoms with E-state index in [0.717, 1.165) is 0 Å². The number of carbonyl (C=O) groups is 1. The molecule has 0 aliphatic carbocycles. The highest BCUT2D eigenvalue weighted by atomic mass is 35.5. The molecule has 0 saturated heterocycles. The summed E-state index contributed by atoms with van der Waals surface area (Å²) in [7, 11) is 0. The first-order valence-electron chi connectivity index (χ1n) is 6.12. The van der Waals surface area contributed by atoms with Crippen LogP contribution in [0, 0.1) is 10.1 Å². The molecular weight excluding hydrogens is 292 g/mol. The van der Waals surface area contributed by atoms with Crippen molar-refractivity contribution in [2.45, 2.75) is 0 Å². The summed E-state index contributed by atoms with van der Waals surface area (Å²) in [6.45, 7) is 0. The van der Waals surface area contributed by atoms with E-state index in [2.05, 4.69) is 4.98 Å². The lowest BCUT2D eigenvalue weighted by atomic mass is 10.0. The average Bonchev–Trinajstić information content (AvgIpc) is 2.90. The first kappa shape index (κ1) is 13.3. The van der Waals surface area contributed by atoms with E-state index in [9.17, 15) is 14.9 Å². The molecule has 0 spiro atoms. The summed E-state index contributed by atoms with van der Waals surface area (Å²) in [5.74, 6) is -0.210. The number of aromatic nitrogens is 1. The van der Waals surface area contributed by atoms with Crippen LogP contribution in [0.2, 0.25) is 5.02 Å². The van der Waals surface area contributed by atoms with Crippen LogP contribution < -0.4 is 0 Å². The third-order valence-electron chi connectivity index (χ3n) is 3.24. The van der Waals surface area contributed by atoms with E-state index in [1.54, 1.807) is 36.4 Å². The maximum absolute atomic E-state index is 12.5. The van der Waals surface area contributed by atoms with Crippen LogP contribution in [0.25, 0.3) is 10.9 Å². The number of H-pyrrole nitrogens is 1. The molecule has 0 aliphatic rings. The number of ketones is 1. The van der Waals surface area contributed by atoms with Gasteiger partial charge in [0.1, 0.15) is 5.52 Å². The minimum Gasteiger partial charge on any atom is -0.355 e. The monoisotopic (exact) mass is 300 g/mol. The number of nitrogens with zero attached hydrogens (tertiary/aromatic N) is 1. The molecule has 1 aromatic heterocycles. The van der Waals surface area contributed by atoms with E-state index in [1.165, 1.54) is 12.3 Å². The summed E-state index contributed by atoms with van der Waals surface area (Å²) >= 11 is 5.80. The average molecular weight is 301 g/mol. The number of hydrogen-bond donors (Lipinski definition) is 1. The molecule has 3 rings (SSSR count). The number of nitro groups is 1. The number of carbonyl (C=O) groups excluding carboxylic acids is 1. The largest absolute Gasteiger partial charge is 0.355 e. The van der Waals surface area contributed by atoms with Crippen LogP contribution in [0.4, 0.5) is 5.69 Å². The second kappa shape index (κ2) is 5.03. The van der Waals surface area contributed by atoms with E-state index < -0.39 is 4.92 Å². The van der Waals surface area contributed by atoms with Gasteiger partial charge >= 0.3 is 0 Å². The Bertz CT molecular complexity index is 853. The van der Waals surface area contributed by atoms with Crippen molar-refractivity contribution in [1.82, 2.24) is 4.98 Å². The number of aromatic amines is 1. The summed E-state index contributed by atoms with van der Waals surface area (Å²) in [5.41, 5.74) is 1.17. The van der Waals surface area contributed by atoms with E-state index in [1.807, 2.05) is 0 Å². The van der Waals surface area contributed by atoms with Crippen molar-refractivity contribution in [3.8, 4) is 0 Å². The van der Waals surface area contributed by atoms with Crippen LogP contribution in [0.3, 0.4) is 0 Å². The molecule has 21 heavy (non-hydrogen) atoms. The van der Waals surface area contributed by atoms with Gasteiger partial charge in [0.05, 0.1) is 4.92 Å². The quantitative estimate of drug-likeness (QED) is 0.452. The molecular formula is C15H9ClN2O3. The van der Waals surface area contributed by atoms with Crippen molar-refractivity contribution in [2.75, 3.05) is 0 Å². The summed E-state index contributed by atoms with van der Waals surface area (Å²) in [5, 5.41) is 12.1. The molecule has 0 aliphatic heterocycles. The second-order valence-electron chi connectivity index (χ2n) is 4.50. The third-order valence-corrected chi connectivity index (χ3v) is 3.49. The maximum atomic E-state index is 12.5. The molecule has 0 atom stereocenters. The first-order valence-corrected chi connectivity index (χ1v) is 6.50. The van der Waals surface area contributed by atoms with Gasteiger partial charge in [0.15, 0.2) is 5.78 Å². The zero-order chi connectivity index (χ0) is 15.0. The number of fused-ring (bicyclic) bond motifs is 1. The standard InChI is InChI=1S/C15H9ClN2O3/c16-10-6-4-9(5-7-10)15(19)12-8-17-14-11(12)2-1-3-13(14)18(20)21/h1-8,17H. The van der Waals surface area contributed by atoms with Crippen molar-refractivity contribution in [2.24, 2.45) is 0 Å². The predicted molar refractivity (Wildman–Crippen MR) is 79.8 cm³/mol. The van der Waals surface area contributed by atoms with Gasteiger partial charge in [0, 0.05) is 33.8 Å². The molecule has 0 unspecified atom stereocenters. The molecule has 0 saturated carbocycles. The van der Waals surface area contributed by atoms with Gasteiger partial charge in [-0.2, -0.15) is 0 Å². The van der Waals surface area contributed by atoms with Gasteiger partial charge in [-0.1, -0.05) is 23.7 Å². The van der Waals surface area contributed by atoms with Gasteiger partial charge in [-0.25, -0.2) is 0 Å². The Morgan fingerprint density at radius 3 is 2.52 bits per heavy atom. The molecule has 0 fully saturated rings. The summed E-state index contributed by atoms with van der Waals surface area (Å²) < 4.78 is 0. The van der Waals surface area contributed by atoms with Crippen molar-refractivity contribution in [3.05, 3.63) is 74.9 Å². The fourth-order valence-electron chi connectivity index (χ4n) is 2.24. The summed E-state index contributed by atoms with van der Waals surface area (Å²) in [6.07, 6.45) is 1.49.